The number of unbranched alkanes of at least 4 members (excludes halogenated alkanes) is 1. The van der Waals surface area contributed by atoms with Gasteiger partial charge in [-0.3, -0.25) is 14.4 Å². The number of halogens is 1. The van der Waals surface area contributed by atoms with E-state index in [0.717, 1.165) is 17.5 Å². The maximum absolute atomic E-state index is 13.8. The fourth-order valence-electron chi connectivity index (χ4n) is 4.80. The second-order valence-electron chi connectivity index (χ2n) is 9.91. The standard InChI is InChI=1S/C32H39ClN2O6/c1-5-8-13-27(35-20-21(4)16-24(32(35)39)17-22-11-9-10-12-25(22)33)31(38)34-26(19-30(36)37)23-14-15-28(40-6-2)29(18-23)41-7-3/h9-12,14-16,18,20,26-27H,5-8,13,17,19H2,1-4H3,(H,34,38)(H,36,37)/t26-,27+/m0/s1. The van der Waals surface area contributed by atoms with Gasteiger partial charge in [0.15, 0.2) is 11.5 Å². The SMILES string of the molecule is CCCC[C@H](C(=O)N[C@@H](CC(=O)O)c1ccc(OCC)c(OCC)c1)n1cc(C)cc(Cc2ccccc2Cl)c1=O. The van der Waals surface area contributed by atoms with E-state index in [1.54, 1.807) is 30.5 Å². The Bertz CT molecular complexity index is 1400. The number of amides is 1. The molecule has 0 spiro atoms. The summed E-state index contributed by atoms with van der Waals surface area (Å²) in [6, 6.07) is 12.6. The molecule has 1 amide bonds. The maximum Gasteiger partial charge on any atom is 0.305 e. The van der Waals surface area contributed by atoms with E-state index in [2.05, 4.69) is 5.32 Å². The molecular weight excluding hydrogens is 544 g/mol. The minimum absolute atomic E-state index is 0.277. The molecule has 0 aliphatic heterocycles. The van der Waals surface area contributed by atoms with E-state index in [1.807, 2.05) is 52.0 Å². The van der Waals surface area contributed by atoms with Crippen LogP contribution in [0.1, 0.15) is 80.8 Å². The number of hydrogen-bond donors (Lipinski definition) is 2. The van der Waals surface area contributed by atoms with Gasteiger partial charge in [-0.25, -0.2) is 0 Å². The van der Waals surface area contributed by atoms with E-state index in [1.165, 1.54) is 4.57 Å². The minimum Gasteiger partial charge on any atom is -0.490 e. The van der Waals surface area contributed by atoms with Gasteiger partial charge in [0.2, 0.25) is 5.91 Å². The zero-order valence-corrected chi connectivity index (χ0v) is 24.9. The highest BCUT2D eigenvalue weighted by molar-refractivity contribution is 6.31. The van der Waals surface area contributed by atoms with Gasteiger partial charge in [0, 0.05) is 23.2 Å². The molecule has 1 heterocycles. The number of carbonyl (C=O) groups excluding carboxylic acids is 1. The maximum atomic E-state index is 13.8. The van der Waals surface area contributed by atoms with Crippen LogP contribution in [0.5, 0.6) is 11.5 Å². The predicted octanol–water partition coefficient (Wildman–Crippen LogP) is 6.26. The van der Waals surface area contributed by atoms with Crippen LogP contribution in [0, 0.1) is 6.92 Å². The smallest absolute Gasteiger partial charge is 0.305 e. The van der Waals surface area contributed by atoms with Crippen LogP contribution >= 0.6 is 11.6 Å². The van der Waals surface area contributed by atoms with Crippen LogP contribution in [-0.4, -0.2) is 34.8 Å². The number of carboxylic acids is 1. The summed E-state index contributed by atoms with van der Waals surface area (Å²) in [6.45, 7) is 8.43. The molecule has 2 N–H and O–H groups in total. The summed E-state index contributed by atoms with van der Waals surface area (Å²) >= 11 is 6.37. The number of aromatic nitrogens is 1. The third-order valence-electron chi connectivity index (χ3n) is 6.73. The highest BCUT2D eigenvalue weighted by Crippen LogP contribution is 2.32. The molecule has 0 aliphatic carbocycles. The lowest BCUT2D eigenvalue weighted by Crippen LogP contribution is -2.40. The Balaban J connectivity index is 1.99. The van der Waals surface area contributed by atoms with Crippen molar-refractivity contribution in [3.8, 4) is 11.5 Å². The molecular formula is C32H39ClN2O6. The molecule has 9 heteroatoms. The van der Waals surface area contributed by atoms with E-state index in [9.17, 15) is 19.5 Å². The summed E-state index contributed by atoms with van der Waals surface area (Å²) in [5.41, 5.74) is 2.47. The van der Waals surface area contributed by atoms with E-state index in [-0.39, 0.29) is 12.0 Å². The van der Waals surface area contributed by atoms with Gasteiger partial charge in [-0.15, -0.1) is 0 Å². The van der Waals surface area contributed by atoms with Crippen molar-refractivity contribution in [1.29, 1.82) is 0 Å². The lowest BCUT2D eigenvalue weighted by atomic mass is 10.0. The fourth-order valence-corrected chi connectivity index (χ4v) is 5.00. The van der Waals surface area contributed by atoms with Crippen molar-refractivity contribution in [2.45, 2.75) is 71.9 Å². The van der Waals surface area contributed by atoms with Gasteiger partial charge in [-0.1, -0.05) is 55.6 Å². The average molecular weight is 583 g/mol. The van der Waals surface area contributed by atoms with Crippen molar-refractivity contribution >= 4 is 23.5 Å². The molecule has 0 aliphatic rings. The number of benzene rings is 2. The largest absolute Gasteiger partial charge is 0.490 e. The van der Waals surface area contributed by atoms with E-state index < -0.39 is 24.0 Å². The van der Waals surface area contributed by atoms with Gasteiger partial charge < -0.3 is 24.5 Å². The van der Waals surface area contributed by atoms with Crippen LogP contribution in [-0.2, 0) is 16.0 Å². The molecule has 2 aromatic carbocycles. The fraction of sp³-hybridized carbons (Fsp3) is 0.406. The first-order valence-corrected chi connectivity index (χ1v) is 14.4. The van der Waals surface area contributed by atoms with Gasteiger partial charge >= 0.3 is 5.97 Å². The molecule has 220 valence electrons. The summed E-state index contributed by atoms with van der Waals surface area (Å²) in [6.07, 6.45) is 3.63. The van der Waals surface area contributed by atoms with Crippen LogP contribution in [0.4, 0.5) is 0 Å². The number of rotatable bonds is 15. The van der Waals surface area contributed by atoms with Crippen LogP contribution in [0.25, 0.3) is 0 Å². The Labute approximate surface area is 246 Å². The zero-order chi connectivity index (χ0) is 29.9. The molecule has 41 heavy (non-hydrogen) atoms. The molecule has 0 saturated heterocycles. The summed E-state index contributed by atoms with van der Waals surface area (Å²) in [7, 11) is 0. The third-order valence-corrected chi connectivity index (χ3v) is 7.10. The molecule has 1 aromatic heterocycles. The third kappa shape index (κ3) is 8.60. The van der Waals surface area contributed by atoms with Gasteiger partial charge in [-0.05, 0) is 68.1 Å². The first-order chi connectivity index (χ1) is 19.7. The Hall–Kier alpha value is -3.78. The highest BCUT2D eigenvalue weighted by Gasteiger charge is 2.27. The molecule has 8 nitrogen and oxygen atoms in total. The van der Waals surface area contributed by atoms with Crippen LogP contribution in [0.3, 0.4) is 0 Å². The van der Waals surface area contributed by atoms with Crippen molar-refractivity contribution in [3.63, 3.8) is 0 Å². The molecule has 2 atom stereocenters. The molecule has 0 bridgehead atoms. The van der Waals surface area contributed by atoms with Crippen molar-refractivity contribution in [2.75, 3.05) is 13.2 Å². The normalized spacial score (nSPS) is 12.4. The Morgan fingerprint density at radius 1 is 1.00 bits per heavy atom. The molecule has 3 aromatic rings. The summed E-state index contributed by atoms with van der Waals surface area (Å²) in [4.78, 5) is 39.4. The lowest BCUT2D eigenvalue weighted by molar-refractivity contribution is -0.138. The van der Waals surface area contributed by atoms with E-state index in [0.29, 0.717) is 60.1 Å². The summed E-state index contributed by atoms with van der Waals surface area (Å²) < 4.78 is 12.8. The van der Waals surface area contributed by atoms with Crippen LogP contribution in [0.2, 0.25) is 5.02 Å². The van der Waals surface area contributed by atoms with Crippen molar-refractivity contribution in [2.24, 2.45) is 0 Å². The highest BCUT2D eigenvalue weighted by atomic mass is 35.5. The van der Waals surface area contributed by atoms with Gasteiger partial charge in [-0.2, -0.15) is 0 Å². The summed E-state index contributed by atoms with van der Waals surface area (Å²) in [5.74, 6) is -0.482. The van der Waals surface area contributed by atoms with Gasteiger partial charge in [0.1, 0.15) is 6.04 Å². The Kier molecular flexibility index (Phi) is 11.8. The number of ether oxygens (including phenoxy) is 2. The van der Waals surface area contributed by atoms with E-state index >= 15 is 0 Å². The molecule has 3 rings (SSSR count). The minimum atomic E-state index is -1.07. The summed E-state index contributed by atoms with van der Waals surface area (Å²) in [5, 5.41) is 13.2. The first kappa shape index (κ1) is 31.7. The molecule has 0 unspecified atom stereocenters. The predicted molar refractivity (Wildman–Crippen MR) is 160 cm³/mol. The second kappa shape index (κ2) is 15.3. The topological polar surface area (TPSA) is 107 Å². The van der Waals surface area contributed by atoms with Gasteiger partial charge in [0.25, 0.3) is 5.56 Å². The number of carboxylic acid groups (broad SMARTS) is 1. The van der Waals surface area contributed by atoms with Crippen LogP contribution < -0.4 is 20.3 Å². The Morgan fingerprint density at radius 3 is 2.37 bits per heavy atom. The molecule has 0 radical (unpaired) electrons. The number of hydrogen-bond acceptors (Lipinski definition) is 5. The van der Waals surface area contributed by atoms with Crippen molar-refractivity contribution in [1.82, 2.24) is 9.88 Å². The molecule has 0 fully saturated rings. The van der Waals surface area contributed by atoms with Crippen molar-refractivity contribution in [3.05, 3.63) is 92.4 Å². The van der Waals surface area contributed by atoms with Crippen molar-refractivity contribution < 1.29 is 24.2 Å². The van der Waals surface area contributed by atoms with Crippen LogP contribution in [0.15, 0.2) is 59.5 Å². The monoisotopic (exact) mass is 582 g/mol. The quantitative estimate of drug-likeness (QED) is 0.219. The number of nitrogens with one attached hydrogen (secondary N) is 1. The zero-order valence-electron chi connectivity index (χ0n) is 24.1. The number of carbonyl (C=O) groups is 2. The average Bonchev–Trinajstić information content (AvgIpc) is 2.93. The van der Waals surface area contributed by atoms with E-state index in [4.69, 9.17) is 21.1 Å². The number of nitrogens with zero attached hydrogens (tertiary/aromatic N) is 1. The number of aryl methyl sites for hydroxylation is 1. The Morgan fingerprint density at radius 2 is 1.71 bits per heavy atom. The number of pyridine rings is 1. The lowest BCUT2D eigenvalue weighted by Gasteiger charge is -2.25. The first-order valence-electron chi connectivity index (χ1n) is 14.0. The number of aliphatic carboxylic acids is 1. The molecule has 0 saturated carbocycles. The van der Waals surface area contributed by atoms with Gasteiger partial charge in [0.05, 0.1) is 25.7 Å². The second-order valence-corrected chi connectivity index (χ2v) is 10.3.